The van der Waals surface area contributed by atoms with Gasteiger partial charge < -0.3 is 0 Å². The molecule has 0 N–H and O–H groups in total. The van der Waals surface area contributed by atoms with Gasteiger partial charge in [0.1, 0.15) is 0 Å². The van der Waals surface area contributed by atoms with E-state index in [1.807, 2.05) is 26.0 Å². The van der Waals surface area contributed by atoms with Gasteiger partial charge in [0.25, 0.3) is 0 Å². The molecule has 0 rings (SSSR count). The minimum atomic E-state index is 1.17. The molecule has 60 valence electrons. The Kier molecular flexibility index (Phi) is 13.8. The lowest BCUT2D eigenvalue weighted by atomic mass is 10.3. The zero-order valence-electron chi connectivity index (χ0n) is 7.94. The summed E-state index contributed by atoms with van der Waals surface area (Å²) in [6, 6.07) is 0. The Morgan fingerprint density at radius 3 is 1.50 bits per heavy atom. The predicted octanol–water partition coefficient (Wildman–Crippen LogP) is 3.95. The average Bonchev–Trinajstić information content (AvgIpc) is 1.89. The average molecular weight is 140 g/mol. The fraction of sp³-hybridized carbons (Fsp3) is 0.600. The van der Waals surface area contributed by atoms with Crippen molar-refractivity contribution in [1.29, 1.82) is 0 Å². The SMILES string of the molecule is CC=CC.CCC=C(C)C. The van der Waals surface area contributed by atoms with E-state index in [4.69, 9.17) is 0 Å². The summed E-state index contributed by atoms with van der Waals surface area (Å²) in [6.07, 6.45) is 7.38. The second kappa shape index (κ2) is 11.3. The van der Waals surface area contributed by atoms with Crippen molar-refractivity contribution in [2.24, 2.45) is 0 Å². The topological polar surface area (TPSA) is 0 Å². The lowest BCUT2D eigenvalue weighted by molar-refractivity contribution is 1.18. The van der Waals surface area contributed by atoms with Crippen LogP contribution in [0, 0.1) is 0 Å². The van der Waals surface area contributed by atoms with Crippen LogP contribution in [-0.4, -0.2) is 0 Å². The minimum absolute atomic E-state index is 1.17. The molecular formula is C10H20. The maximum Gasteiger partial charge on any atom is -0.0377 e. The van der Waals surface area contributed by atoms with Crippen LogP contribution in [0.1, 0.15) is 41.0 Å². The van der Waals surface area contributed by atoms with Crippen LogP contribution < -0.4 is 0 Å². The maximum atomic E-state index is 2.21. The number of rotatable bonds is 1. The van der Waals surface area contributed by atoms with Gasteiger partial charge in [0, 0.05) is 0 Å². The molecule has 0 saturated heterocycles. The zero-order valence-corrected chi connectivity index (χ0v) is 7.94. The van der Waals surface area contributed by atoms with E-state index in [1.165, 1.54) is 12.0 Å². The quantitative estimate of drug-likeness (QED) is 0.484. The molecule has 0 amide bonds. The summed E-state index contributed by atoms with van der Waals surface area (Å²) in [4.78, 5) is 0. The molecular weight excluding hydrogens is 120 g/mol. The van der Waals surface area contributed by atoms with Crippen molar-refractivity contribution in [3.63, 3.8) is 0 Å². The molecule has 0 heterocycles. The molecule has 0 spiro atoms. The molecule has 0 aliphatic rings. The first-order valence-corrected chi connectivity index (χ1v) is 3.89. The molecule has 0 aliphatic carbocycles. The summed E-state index contributed by atoms with van der Waals surface area (Å²) in [5.74, 6) is 0. The van der Waals surface area contributed by atoms with Crippen LogP contribution in [0.25, 0.3) is 0 Å². The molecule has 0 aromatic rings. The Balaban J connectivity index is 0. The minimum Gasteiger partial charge on any atom is -0.0919 e. The summed E-state index contributed by atoms with van der Waals surface area (Å²) in [5.41, 5.74) is 1.41. The van der Waals surface area contributed by atoms with Crippen molar-refractivity contribution in [3.05, 3.63) is 23.8 Å². The van der Waals surface area contributed by atoms with Crippen LogP contribution >= 0.6 is 0 Å². The molecule has 0 nitrogen and oxygen atoms in total. The van der Waals surface area contributed by atoms with E-state index in [2.05, 4.69) is 26.8 Å². The van der Waals surface area contributed by atoms with Gasteiger partial charge in [-0.15, -0.1) is 0 Å². The van der Waals surface area contributed by atoms with E-state index in [0.717, 1.165) is 0 Å². The molecule has 0 radical (unpaired) electrons. The maximum absolute atomic E-state index is 2.21. The van der Waals surface area contributed by atoms with E-state index in [0.29, 0.717) is 0 Å². The molecule has 0 unspecified atom stereocenters. The van der Waals surface area contributed by atoms with Crippen LogP contribution in [0.5, 0.6) is 0 Å². The van der Waals surface area contributed by atoms with Gasteiger partial charge in [-0.2, -0.15) is 0 Å². The third kappa shape index (κ3) is 25.9. The first kappa shape index (κ1) is 12.2. The summed E-state index contributed by atoms with van der Waals surface area (Å²) < 4.78 is 0. The third-order valence-electron chi connectivity index (χ3n) is 0.946. The zero-order chi connectivity index (χ0) is 8.41. The van der Waals surface area contributed by atoms with E-state index in [1.54, 1.807) is 0 Å². The van der Waals surface area contributed by atoms with Crippen LogP contribution in [0.15, 0.2) is 23.8 Å². The fourth-order valence-electron chi connectivity index (χ4n) is 0.408. The van der Waals surface area contributed by atoms with Gasteiger partial charge in [-0.05, 0) is 34.1 Å². The fourth-order valence-corrected chi connectivity index (χ4v) is 0.408. The van der Waals surface area contributed by atoms with E-state index >= 15 is 0 Å². The highest BCUT2D eigenvalue weighted by atomic mass is 13.7. The van der Waals surface area contributed by atoms with Gasteiger partial charge in [0.15, 0.2) is 0 Å². The van der Waals surface area contributed by atoms with Crippen LogP contribution in [0.4, 0.5) is 0 Å². The Morgan fingerprint density at radius 1 is 1.10 bits per heavy atom. The summed E-state index contributed by atoms with van der Waals surface area (Å²) in [7, 11) is 0. The monoisotopic (exact) mass is 140 g/mol. The van der Waals surface area contributed by atoms with Gasteiger partial charge in [0.2, 0.25) is 0 Å². The van der Waals surface area contributed by atoms with E-state index in [-0.39, 0.29) is 0 Å². The molecule has 0 heteroatoms. The normalized spacial score (nSPS) is 8.50. The second-order valence-corrected chi connectivity index (χ2v) is 2.36. The van der Waals surface area contributed by atoms with Crippen LogP contribution in [0.2, 0.25) is 0 Å². The Hall–Kier alpha value is -0.520. The molecule has 0 aromatic carbocycles. The highest BCUT2D eigenvalue weighted by molar-refractivity contribution is 4.91. The lowest BCUT2D eigenvalue weighted by Crippen LogP contribution is -1.58. The summed E-state index contributed by atoms with van der Waals surface area (Å²) in [5, 5.41) is 0. The summed E-state index contributed by atoms with van der Waals surface area (Å²) >= 11 is 0. The Bertz CT molecular complexity index is 88.6. The number of hydrogen-bond donors (Lipinski definition) is 0. The highest BCUT2D eigenvalue weighted by Gasteiger charge is 1.67. The largest absolute Gasteiger partial charge is 0.0919 e. The first-order chi connectivity index (χ1) is 4.68. The van der Waals surface area contributed by atoms with Crippen molar-refractivity contribution >= 4 is 0 Å². The van der Waals surface area contributed by atoms with Gasteiger partial charge in [-0.1, -0.05) is 30.7 Å². The molecule has 0 saturated carbocycles. The molecule has 10 heavy (non-hydrogen) atoms. The standard InChI is InChI=1S/C6H12.C4H8/c1-4-5-6(2)3;1-3-4-2/h5H,4H2,1-3H3;3-4H,1-2H3. The Morgan fingerprint density at radius 2 is 1.50 bits per heavy atom. The van der Waals surface area contributed by atoms with Crippen molar-refractivity contribution in [2.75, 3.05) is 0 Å². The molecule has 0 atom stereocenters. The molecule has 0 aliphatic heterocycles. The van der Waals surface area contributed by atoms with Crippen molar-refractivity contribution in [3.8, 4) is 0 Å². The van der Waals surface area contributed by atoms with Crippen LogP contribution in [0.3, 0.4) is 0 Å². The van der Waals surface area contributed by atoms with Crippen LogP contribution in [-0.2, 0) is 0 Å². The highest BCUT2D eigenvalue weighted by Crippen LogP contribution is 1.89. The van der Waals surface area contributed by atoms with E-state index < -0.39 is 0 Å². The van der Waals surface area contributed by atoms with Crippen molar-refractivity contribution in [2.45, 2.75) is 41.0 Å². The summed E-state index contributed by atoms with van der Waals surface area (Å²) in [6.45, 7) is 10.4. The predicted molar refractivity (Wildman–Crippen MR) is 50.2 cm³/mol. The second-order valence-electron chi connectivity index (χ2n) is 2.36. The van der Waals surface area contributed by atoms with Crippen molar-refractivity contribution < 1.29 is 0 Å². The molecule has 0 fully saturated rings. The Labute approximate surface area is 65.7 Å². The van der Waals surface area contributed by atoms with Gasteiger partial charge >= 0.3 is 0 Å². The lowest BCUT2D eigenvalue weighted by Gasteiger charge is -1.80. The molecule has 0 aromatic heterocycles. The first-order valence-electron chi connectivity index (χ1n) is 3.89. The number of hydrogen-bond acceptors (Lipinski definition) is 0. The van der Waals surface area contributed by atoms with Gasteiger partial charge in [-0.3, -0.25) is 0 Å². The van der Waals surface area contributed by atoms with Gasteiger partial charge in [0.05, 0.1) is 0 Å². The third-order valence-corrected chi connectivity index (χ3v) is 0.946. The molecule has 0 bridgehead atoms. The van der Waals surface area contributed by atoms with E-state index in [9.17, 15) is 0 Å². The van der Waals surface area contributed by atoms with Gasteiger partial charge in [-0.25, -0.2) is 0 Å². The smallest absolute Gasteiger partial charge is 0.0377 e. The van der Waals surface area contributed by atoms with Crippen molar-refractivity contribution in [1.82, 2.24) is 0 Å². The number of allylic oxidation sites excluding steroid dienone is 4.